The number of hydrogen-bond donors (Lipinski definition) is 0. The average molecular weight is 414 g/mol. The number of ketones is 1. The van der Waals surface area contributed by atoms with E-state index >= 15 is 0 Å². The van der Waals surface area contributed by atoms with Gasteiger partial charge in [0.2, 0.25) is 5.78 Å². The number of fused-ring (bicyclic) bond motifs is 1. The van der Waals surface area contributed by atoms with Crippen molar-refractivity contribution in [2.45, 2.75) is 13.5 Å². The van der Waals surface area contributed by atoms with Crippen LogP contribution in [0.4, 0.5) is 0 Å². The number of halogens is 3. The van der Waals surface area contributed by atoms with Crippen molar-refractivity contribution in [2.24, 2.45) is 7.05 Å². The normalized spacial score (nSPS) is 10.6. The summed E-state index contributed by atoms with van der Waals surface area (Å²) in [5, 5.41) is 0.847. The summed E-state index contributed by atoms with van der Waals surface area (Å²) in [6.07, 6.45) is 0. The molecule has 1 aromatic heterocycles. The molecule has 2 aromatic carbocycles. The van der Waals surface area contributed by atoms with Crippen LogP contribution in [0.1, 0.15) is 16.2 Å². The first-order valence-corrected chi connectivity index (χ1v) is 7.66. The van der Waals surface area contributed by atoms with Crippen LogP contribution in [0.25, 0.3) is 11.0 Å². The lowest BCUT2D eigenvalue weighted by Gasteiger charge is -2.03. The topological polar surface area (TPSA) is 25.9 Å². The van der Waals surface area contributed by atoms with E-state index in [1.165, 1.54) is 0 Å². The highest BCUT2D eigenvalue weighted by molar-refractivity contribution is 6.42. The third-order valence-electron chi connectivity index (χ3n) is 3.95. The predicted molar refractivity (Wildman–Crippen MR) is 88.6 cm³/mol. The number of benzene rings is 2. The van der Waals surface area contributed by atoms with Gasteiger partial charge in [-0.2, -0.15) is 0 Å². The third kappa shape index (κ3) is 3.30. The Labute approximate surface area is 155 Å². The smallest absolute Gasteiger partial charge is 0.254 e. The lowest BCUT2D eigenvalue weighted by molar-refractivity contribution is -0.652. The Hall–Kier alpha value is -1.36. The second-order valence-electron chi connectivity index (χ2n) is 5.23. The Balaban J connectivity index is 0.00000192. The highest BCUT2D eigenvalue weighted by Gasteiger charge is 2.21. The predicted octanol–water partition coefficient (Wildman–Crippen LogP) is 0.968. The summed E-state index contributed by atoms with van der Waals surface area (Å²) in [6, 6.07) is 13.0. The van der Waals surface area contributed by atoms with Gasteiger partial charge in [0.05, 0.1) is 17.1 Å². The van der Waals surface area contributed by atoms with Crippen LogP contribution in [0.15, 0.2) is 42.5 Å². The summed E-state index contributed by atoms with van der Waals surface area (Å²) in [5.74, 6) is 1.03. The van der Waals surface area contributed by atoms with E-state index < -0.39 is 0 Å². The zero-order valence-electron chi connectivity index (χ0n) is 12.7. The van der Waals surface area contributed by atoms with Crippen molar-refractivity contribution in [1.82, 2.24) is 4.57 Å². The van der Waals surface area contributed by atoms with E-state index in [-0.39, 0.29) is 29.3 Å². The molecule has 1 heterocycles. The van der Waals surface area contributed by atoms with Crippen LogP contribution in [-0.4, -0.2) is 10.4 Å². The van der Waals surface area contributed by atoms with Crippen LogP contribution in [0.2, 0.25) is 10.0 Å². The monoisotopic (exact) mass is 412 g/mol. The fourth-order valence-electron chi connectivity index (χ4n) is 2.61. The number of rotatable bonds is 3. The number of carbonyl (C=O) groups excluding carboxylic acids is 1. The Morgan fingerprint density at radius 1 is 1.13 bits per heavy atom. The summed E-state index contributed by atoms with van der Waals surface area (Å²) in [5.41, 5.74) is 2.70. The van der Waals surface area contributed by atoms with E-state index in [9.17, 15) is 4.79 Å². The molecule has 3 nitrogen and oxygen atoms in total. The van der Waals surface area contributed by atoms with Gasteiger partial charge in [0, 0.05) is 12.5 Å². The van der Waals surface area contributed by atoms with Crippen molar-refractivity contribution in [3.8, 4) is 0 Å². The number of aromatic nitrogens is 2. The maximum absolute atomic E-state index is 12.6. The fraction of sp³-hybridized carbons (Fsp3) is 0.176. The van der Waals surface area contributed by atoms with E-state index in [2.05, 4.69) is 4.57 Å². The molecular weight excluding hydrogens is 399 g/mol. The second kappa shape index (κ2) is 7.04. The molecule has 0 amide bonds. The van der Waals surface area contributed by atoms with Gasteiger partial charge in [-0.05, 0) is 30.3 Å². The number of imidazole rings is 1. The van der Waals surface area contributed by atoms with Gasteiger partial charge in [0.15, 0.2) is 17.6 Å². The van der Waals surface area contributed by atoms with Gasteiger partial charge in [-0.1, -0.05) is 35.3 Å². The molecule has 0 aliphatic carbocycles. The molecule has 0 fully saturated rings. The Bertz CT molecular complexity index is 890. The molecule has 0 N–H and O–H groups in total. The molecule has 23 heavy (non-hydrogen) atoms. The Morgan fingerprint density at radius 2 is 1.83 bits per heavy atom. The van der Waals surface area contributed by atoms with Crippen molar-refractivity contribution in [2.75, 3.05) is 0 Å². The van der Waals surface area contributed by atoms with Gasteiger partial charge in [-0.15, -0.1) is 0 Å². The first-order chi connectivity index (χ1) is 10.5. The molecule has 0 saturated carbocycles. The first kappa shape index (κ1) is 18.0. The summed E-state index contributed by atoms with van der Waals surface area (Å²) in [4.78, 5) is 12.6. The van der Waals surface area contributed by atoms with E-state index in [0.717, 1.165) is 16.9 Å². The number of carbonyl (C=O) groups is 1. The molecule has 0 bridgehead atoms. The summed E-state index contributed by atoms with van der Waals surface area (Å²) >= 11 is 11.9. The largest absolute Gasteiger partial charge is 1.00 e. The molecule has 120 valence electrons. The molecule has 0 atom stereocenters. The molecule has 3 aromatic rings. The van der Waals surface area contributed by atoms with Crippen molar-refractivity contribution >= 4 is 40.0 Å². The van der Waals surface area contributed by atoms with Crippen LogP contribution in [0, 0.1) is 6.92 Å². The molecule has 0 unspecified atom stereocenters. The Kier molecular flexibility index (Phi) is 5.50. The molecule has 6 heteroatoms. The van der Waals surface area contributed by atoms with Crippen molar-refractivity contribution in [3.63, 3.8) is 0 Å². The maximum Gasteiger partial charge on any atom is 0.254 e. The SMILES string of the molecule is Cc1n(CC(=O)c2ccc(Cl)c(Cl)c2)c2ccccc2[n+]1C.[Br-]. The zero-order chi connectivity index (χ0) is 15.9. The van der Waals surface area contributed by atoms with Gasteiger partial charge in [-0.3, -0.25) is 4.79 Å². The van der Waals surface area contributed by atoms with Crippen LogP contribution >= 0.6 is 23.2 Å². The van der Waals surface area contributed by atoms with E-state index in [1.807, 2.05) is 42.8 Å². The first-order valence-electron chi connectivity index (χ1n) is 6.91. The summed E-state index contributed by atoms with van der Waals surface area (Å²) in [6.45, 7) is 2.27. The maximum atomic E-state index is 12.6. The number of nitrogens with zero attached hydrogens (tertiary/aromatic N) is 2. The van der Waals surface area contributed by atoms with Gasteiger partial charge in [0.1, 0.15) is 0 Å². The molecule has 0 aliphatic rings. The van der Waals surface area contributed by atoms with Crippen LogP contribution < -0.4 is 21.5 Å². The standard InChI is InChI=1S/C17H15Cl2N2O.BrH/c1-11-20(2)15-5-3-4-6-16(15)21(11)10-17(22)12-7-8-13(18)14(19)9-12;/h3-9H,10H2,1-2H3;1H/q+1;/p-1. The minimum absolute atomic E-state index is 0. The number of aryl methyl sites for hydroxylation is 1. The molecule has 0 spiro atoms. The molecule has 0 saturated heterocycles. The highest BCUT2D eigenvalue weighted by atomic mass is 79.9. The van der Waals surface area contributed by atoms with E-state index in [4.69, 9.17) is 23.2 Å². The second-order valence-corrected chi connectivity index (χ2v) is 6.05. The average Bonchev–Trinajstić information content (AvgIpc) is 2.75. The number of para-hydroxylation sites is 2. The molecular formula is C17H15BrCl2N2O. The van der Waals surface area contributed by atoms with E-state index in [1.54, 1.807) is 18.2 Å². The van der Waals surface area contributed by atoms with Gasteiger partial charge in [-0.25, -0.2) is 9.13 Å². The lowest BCUT2D eigenvalue weighted by atomic mass is 10.1. The number of Topliss-reactive ketones (excluding diaryl/α,β-unsaturated/α-hetero) is 1. The molecule has 3 rings (SSSR count). The zero-order valence-corrected chi connectivity index (χ0v) is 15.8. The van der Waals surface area contributed by atoms with Crippen LogP contribution in [0.5, 0.6) is 0 Å². The van der Waals surface area contributed by atoms with Crippen LogP contribution in [-0.2, 0) is 13.6 Å². The van der Waals surface area contributed by atoms with Crippen LogP contribution in [0.3, 0.4) is 0 Å². The van der Waals surface area contributed by atoms with Gasteiger partial charge in [0.25, 0.3) is 5.82 Å². The fourth-order valence-corrected chi connectivity index (χ4v) is 2.91. The van der Waals surface area contributed by atoms with Crippen molar-refractivity contribution in [3.05, 3.63) is 63.9 Å². The quantitative estimate of drug-likeness (QED) is 0.464. The summed E-state index contributed by atoms with van der Waals surface area (Å²) < 4.78 is 4.09. The third-order valence-corrected chi connectivity index (χ3v) is 4.69. The lowest BCUT2D eigenvalue weighted by Crippen LogP contribution is -3.00. The van der Waals surface area contributed by atoms with Crippen molar-refractivity contribution < 1.29 is 26.3 Å². The number of hydrogen-bond acceptors (Lipinski definition) is 1. The summed E-state index contributed by atoms with van der Waals surface area (Å²) in [7, 11) is 2.00. The molecule has 0 radical (unpaired) electrons. The van der Waals surface area contributed by atoms with E-state index in [0.29, 0.717) is 15.6 Å². The minimum atomic E-state index is 0. The highest BCUT2D eigenvalue weighted by Crippen LogP contribution is 2.23. The Morgan fingerprint density at radius 3 is 2.52 bits per heavy atom. The molecule has 0 aliphatic heterocycles. The van der Waals surface area contributed by atoms with Gasteiger partial charge >= 0.3 is 0 Å². The van der Waals surface area contributed by atoms with Gasteiger partial charge < -0.3 is 17.0 Å². The van der Waals surface area contributed by atoms with Crippen molar-refractivity contribution in [1.29, 1.82) is 0 Å². The minimum Gasteiger partial charge on any atom is -1.00 e.